The lowest BCUT2D eigenvalue weighted by Crippen LogP contribution is -2.04. The van der Waals surface area contributed by atoms with Crippen molar-refractivity contribution in [2.45, 2.75) is 26.2 Å². The zero-order valence-corrected chi connectivity index (χ0v) is 6.69. The van der Waals surface area contributed by atoms with Gasteiger partial charge in [-0.05, 0) is 39.0 Å². The summed E-state index contributed by atoms with van der Waals surface area (Å²) in [6, 6.07) is 0. The molecule has 0 aliphatic heterocycles. The number of allylic oxidation sites excluding steroid dienone is 3. The number of hydrogen-bond acceptors (Lipinski definition) is 0. The molecule has 0 fully saturated rings. The van der Waals surface area contributed by atoms with Gasteiger partial charge < -0.3 is 0 Å². The summed E-state index contributed by atoms with van der Waals surface area (Å²) < 4.78 is 0. The molecule has 55 valence electrons. The van der Waals surface area contributed by atoms with Crippen molar-refractivity contribution in [1.82, 2.24) is 0 Å². The van der Waals surface area contributed by atoms with Crippen LogP contribution >= 0.6 is 0 Å². The fourth-order valence-corrected chi connectivity index (χ4v) is 1.34. The monoisotopic (exact) mass is 135 g/mol. The number of hydrogen-bond donors (Lipinski definition) is 0. The van der Waals surface area contributed by atoms with Gasteiger partial charge in [0, 0.05) is 0 Å². The van der Waals surface area contributed by atoms with E-state index in [1.165, 1.54) is 17.6 Å². The quantitative estimate of drug-likeness (QED) is 0.484. The highest BCUT2D eigenvalue weighted by atomic mass is 14.2. The zero-order valence-electron chi connectivity index (χ0n) is 6.69. The summed E-state index contributed by atoms with van der Waals surface area (Å²) >= 11 is 0. The average Bonchev–Trinajstić information content (AvgIpc) is 1.88. The van der Waals surface area contributed by atoms with E-state index in [-0.39, 0.29) is 0 Å². The van der Waals surface area contributed by atoms with Crippen LogP contribution in [0.3, 0.4) is 0 Å². The molecule has 1 aliphatic rings. The summed E-state index contributed by atoms with van der Waals surface area (Å²) in [7, 11) is 0. The summed E-state index contributed by atoms with van der Waals surface area (Å²) in [5, 5.41) is 0. The summed E-state index contributed by atoms with van der Waals surface area (Å²) in [6.45, 7) is 9.99. The highest BCUT2D eigenvalue weighted by Crippen LogP contribution is 2.27. The fraction of sp³-hybridized carbons (Fsp3) is 0.500. The van der Waals surface area contributed by atoms with Crippen LogP contribution in [0.15, 0.2) is 23.8 Å². The maximum atomic E-state index is 3.95. The van der Waals surface area contributed by atoms with E-state index in [4.69, 9.17) is 0 Å². The molecule has 0 aromatic rings. The van der Waals surface area contributed by atoms with Gasteiger partial charge in [-0.3, -0.25) is 0 Å². The lowest BCUT2D eigenvalue weighted by Gasteiger charge is -2.19. The smallest absolute Gasteiger partial charge is 0.0171 e. The van der Waals surface area contributed by atoms with Crippen LogP contribution in [0.4, 0.5) is 0 Å². The van der Waals surface area contributed by atoms with Crippen molar-refractivity contribution in [3.63, 3.8) is 0 Å². The van der Waals surface area contributed by atoms with E-state index in [0.29, 0.717) is 0 Å². The minimum Gasteiger partial charge on any atom is -0.0998 e. The van der Waals surface area contributed by atoms with Crippen LogP contribution in [-0.2, 0) is 0 Å². The van der Waals surface area contributed by atoms with Gasteiger partial charge in [0.25, 0.3) is 0 Å². The molecule has 0 bridgehead atoms. The van der Waals surface area contributed by atoms with E-state index in [9.17, 15) is 0 Å². The molecule has 0 saturated carbocycles. The molecular formula is C10H15. The first kappa shape index (κ1) is 7.59. The van der Waals surface area contributed by atoms with Crippen molar-refractivity contribution < 1.29 is 0 Å². The molecular weight excluding hydrogens is 120 g/mol. The predicted octanol–water partition coefficient (Wildman–Crippen LogP) is 3.12. The minimum atomic E-state index is 0.727. The lowest BCUT2D eigenvalue weighted by molar-refractivity contribution is 0.545. The Balaban J connectivity index is 2.50. The van der Waals surface area contributed by atoms with Crippen LogP contribution in [0.2, 0.25) is 0 Å². The predicted molar refractivity (Wildman–Crippen MR) is 45.6 cm³/mol. The fourth-order valence-electron chi connectivity index (χ4n) is 1.34. The van der Waals surface area contributed by atoms with Crippen molar-refractivity contribution in [1.29, 1.82) is 0 Å². The van der Waals surface area contributed by atoms with Gasteiger partial charge in [0.15, 0.2) is 0 Å². The molecule has 1 atom stereocenters. The van der Waals surface area contributed by atoms with Crippen molar-refractivity contribution in [3.05, 3.63) is 30.7 Å². The highest BCUT2D eigenvalue weighted by Gasteiger charge is 2.11. The average molecular weight is 135 g/mol. The van der Waals surface area contributed by atoms with Crippen molar-refractivity contribution in [3.8, 4) is 0 Å². The molecule has 10 heavy (non-hydrogen) atoms. The van der Waals surface area contributed by atoms with Crippen LogP contribution in [0.1, 0.15) is 26.2 Å². The zero-order chi connectivity index (χ0) is 7.56. The molecule has 0 heteroatoms. The molecule has 0 aromatic heterocycles. The van der Waals surface area contributed by atoms with Gasteiger partial charge in [0.05, 0.1) is 0 Å². The summed E-state index contributed by atoms with van der Waals surface area (Å²) in [5.41, 5.74) is 2.63. The third-order valence-corrected chi connectivity index (χ3v) is 2.20. The first-order chi connectivity index (χ1) is 4.70. The van der Waals surface area contributed by atoms with E-state index >= 15 is 0 Å². The standard InChI is InChI=1S/C10H15/c1-8(2)10-6-4-9(3)5-7-10/h4,10H,1,3,5-7H2,2H3/t10-/m1/s1. The van der Waals surface area contributed by atoms with Crippen LogP contribution in [0, 0.1) is 12.8 Å². The normalized spacial score (nSPS) is 25.8. The van der Waals surface area contributed by atoms with Gasteiger partial charge in [-0.1, -0.05) is 23.8 Å². The molecule has 0 N–H and O–H groups in total. The topological polar surface area (TPSA) is 0 Å². The second-order valence-corrected chi connectivity index (χ2v) is 3.18. The van der Waals surface area contributed by atoms with Gasteiger partial charge in [-0.15, -0.1) is 0 Å². The first-order valence-corrected chi connectivity index (χ1v) is 3.86. The molecule has 0 nitrogen and oxygen atoms in total. The van der Waals surface area contributed by atoms with Gasteiger partial charge in [0.2, 0.25) is 0 Å². The van der Waals surface area contributed by atoms with E-state index < -0.39 is 0 Å². The van der Waals surface area contributed by atoms with Gasteiger partial charge in [-0.25, -0.2) is 0 Å². The van der Waals surface area contributed by atoms with Gasteiger partial charge in [0.1, 0.15) is 0 Å². The Labute approximate surface area is 63.6 Å². The largest absolute Gasteiger partial charge is 0.0998 e. The lowest BCUT2D eigenvalue weighted by atomic mass is 9.86. The van der Waals surface area contributed by atoms with Crippen LogP contribution in [0.5, 0.6) is 0 Å². The second-order valence-electron chi connectivity index (χ2n) is 3.18. The van der Waals surface area contributed by atoms with Crippen LogP contribution < -0.4 is 0 Å². The Bertz CT molecular complexity index is 163. The van der Waals surface area contributed by atoms with Crippen molar-refractivity contribution >= 4 is 0 Å². The Morgan fingerprint density at radius 3 is 2.80 bits per heavy atom. The Morgan fingerprint density at radius 1 is 1.70 bits per heavy atom. The maximum absolute atomic E-state index is 3.95. The summed E-state index contributed by atoms with van der Waals surface area (Å²) in [4.78, 5) is 0. The van der Waals surface area contributed by atoms with Gasteiger partial charge >= 0.3 is 0 Å². The molecule has 1 aliphatic carbocycles. The molecule has 0 spiro atoms. The third-order valence-electron chi connectivity index (χ3n) is 2.20. The number of rotatable bonds is 1. The van der Waals surface area contributed by atoms with Crippen LogP contribution in [-0.4, -0.2) is 0 Å². The Hall–Kier alpha value is -0.520. The van der Waals surface area contributed by atoms with Crippen molar-refractivity contribution in [2.24, 2.45) is 5.92 Å². The Morgan fingerprint density at radius 2 is 2.40 bits per heavy atom. The van der Waals surface area contributed by atoms with E-state index in [1.54, 1.807) is 0 Å². The summed E-state index contributed by atoms with van der Waals surface area (Å²) in [5.74, 6) is 0.727. The van der Waals surface area contributed by atoms with E-state index in [0.717, 1.165) is 18.8 Å². The molecule has 0 heterocycles. The maximum Gasteiger partial charge on any atom is -0.0171 e. The van der Waals surface area contributed by atoms with Gasteiger partial charge in [-0.2, -0.15) is 0 Å². The van der Waals surface area contributed by atoms with Crippen molar-refractivity contribution in [2.75, 3.05) is 0 Å². The second kappa shape index (κ2) is 3.05. The molecule has 0 aromatic carbocycles. The molecule has 1 rings (SSSR count). The molecule has 0 amide bonds. The summed E-state index contributed by atoms with van der Waals surface area (Å²) in [6.07, 6.45) is 5.82. The highest BCUT2D eigenvalue weighted by molar-refractivity contribution is 5.13. The first-order valence-electron chi connectivity index (χ1n) is 3.86. The van der Waals surface area contributed by atoms with E-state index in [1.807, 2.05) is 0 Å². The SMILES string of the molecule is [CH2]C1=CC[C@@H](C(=C)C)CC1. The van der Waals surface area contributed by atoms with Crippen LogP contribution in [0.25, 0.3) is 0 Å². The molecule has 0 unspecified atom stereocenters. The Kier molecular flexibility index (Phi) is 2.31. The van der Waals surface area contributed by atoms with E-state index in [2.05, 4.69) is 26.5 Å². The molecule has 1 radical (unpaired) electrons. The minimum absolute atomic E-state index is 0.727. The third kappa shape index (κ3) is 1.73. The molecule has 0 saturated heterocycles.